The molecule has 1 saturated carbocycles. The highest BCUT2D eigenvalue weighted by Crippen LogP contribution is 2.66. The van der Waals surface area contributed by atoms with Crippen LogP contribution in [-0.2, 0) is 33.6 Å². The second-order valence-electron chi connectivity index (χ2n) is 23.8. The second-order valence-corrected chi connectivity index (χ2v) is 23.8. The first-order chi connectivity index (χ1) is 30.3. The average Bonchev–Trinajstić information content (AvgIpc) is 3.60. The van der Waals surface area contributed by atoms with Crippen molar-refractivity contribution in [2.75, 3.05) is 14.7 Å². The summed E-state index contributed by atoms with van der Waals surface area (Å²) < 4.78 is 0. The molecule has 4 heterocycles. The maximum Gasteiger partial charge on any atom is 0.252 e. The van der Waals surface area contributed by atoms with Gasteiger partial charge in [-0.25, -0.2) is 0 Å². The van der Waals surface area contributed by atoms with Crippen LogP contribution in [0.25, 0.3) is 0 Å². The molecular weight excluding hydrogens is 773 g/mol. The van der Waals surface area contributed by atoms with Gasteiger partial charge in [-0.2, -0.15) is 0 Å². The summed E-state index contributed by atoms with van der Waals surface area (Å²) in [4.78, 5) is 8.46. The molecule has 64 heavy (non-hydrogen) atoms. The molecular formula is C60H66BN3. The minimum atomic E-state index is -0.301. The van der Waals surface area contributed by atoms with E-state index in [0.717, 1.165) is 12.8 Å². The molecule has 324 valence electrons. The highest BCUT2D eigenvalue weighted by Gasteiger charge is 2.64. The zero-order valence-electron chi connectivity index (χ0n) is 40.6. The Morgan fingerprint density at radius 2 is 1.25 bits per heavy atom. The molecule has 4 aliphatic heterocycles. The Bertz CT molecular complexity index is 3000. The van der Waals surface area contributed by atoms with Gasteiger partial charge < -0.3 is 14.7 Å². The molecule has 4 unspecified atom stereocenters. The summed E-state index contributed by atoms with van der Waals surface area (Å²) in [5, 5.41) is 0. The van der Waals surface area contributed by atoms with Crippen LogP contribution < -0.4 is 31.1 Å². The third-order valence-corrected chi connectivity index (χ3v) is 18.2. The number of rotatable bonds is 2. The van der Waals surface area contributed by atoms with Gasteiger partial charge in [-0.1, -0.05) is 141 Å². The van der Waals surface area contributed by atoms with Gasteiger partial charge in [0.05, 0.1) is 11.1 Å². The number of para-hydroxylation sites is 1. The molecule has 3 nitrogen and oxygen atoms in total. The molecule has 0 saturated heterocycles. The topological polar surface area (TPSA) is 9.72 Å². The van der Waals surface area contributed by atoms with Crippen molar-refractivity contribution in [3.05, 3.63) is 154 Å². The summed E-state index contributed by atoms with van der Waals surface area (Å²) in [6.07, 6.45) is 7.11. The first-order valence-electron chi connectivity index (χ1n) is 24.5. The first kappa shape index (κ1) is 40.3. The number of fused-ring (bicyclic) bond motifs is 12. The van der Waals surface area contributed by atoms with E-state index in [1.165, 1.54) is 121 Å². The molecule has 0 aromatic heterocycles. The largest absolute Gasteiger partial charge is 0.334 e. The number of anilines is 7. The summed E-state index contributed by atoms with van der Waals surface area (Å²) in [6.45, 7) is 29.4. The maximum atomic E-state index is 2.90. The third-order valence-electron chi connectivity index (χ3n) is 18.2. The van der Waals surface area contributed by atoms with Gasteiger partial charge in [-0.05, 0) is 162 Å². The molecule has 0 radical (unpaired) electrons. The number of hydrogen-bond donors (Lipinski definition) is 0. The standard InChI is InChI=1S/C60H66BN3/c1-37-31-38(2)52-49(32-37)63(59(11)29-16-15-28-58(52,59)10)43-35-50-53-51(36-43)64-54-45(57(9)30-27-39-19-13-14-22-44(39)60(57,64)12)23-18-24-47(54)61(53)46-26-25-41(56(6,7)8)34-48(46)62(50)42-21-17-20-40(33-42)55(3,4)5/h13-14,17-26,31-36H,15-16,27-30H2,1-12H3. The van der Waals surface area contributed by atoms with Crippen molar-refractivity contribution >= 4 is 62.9 Å². The van der Waals surface area contributed by atoms with E-state index in [9.17, 15) is 0 Å². The van der Waals surface area contributed by atoms with Crippen molar-refractivity contribution in [3.63, 3.8) is 0 Å². The van der Waals surface area contributed by atoms with Crippen LogP contribution in [-0.4, -0.2) is 12.3 Å². The van der Waals surface area contributed by atoms with Gasteiger partial charge in [0.2, 0.25) is 0 Å². The van der Waals surface area contributed by atoms with Gasteiger partial charge in [0.1, 0.15) is 0 Å². The van der Waals surface area contributed by atoms with Gasteiger partial charge in [-0.15, -0.1) is 0 Å². The quantitative estimate of drug-likeness (QED) is 0.161. The highest BCUT2D eigenvalue weighted by molar-refractivity contribution is 7.00. The zero-order valence-corrected chi connectivity index (χ0v) is 40.6. The Kier molecular flexibility index (Phi) is 8.04. The van der Waals surface area contributed by atoms with E-state index < -0.39 is 0 Å². The van der Waals surface area contributed by atoms with E-state index >= 15 is 0 Å². The number of hydrogen-bond acceptors (Lipinski definition) is 3. The molecule has 6 aliphatic rings. The fourth-order valence-electron chi connectivity index (χ4n) is 14.6. The predicted molar refractivity (Wildman–Crippen MR) is 274 cm³/mol. The SMILES string of the molecule is Cc1cc(C)c2c(c1)N(c1cc3c4c(c1)N1c5c(cccc5C5(C)CCc6ccccc6C15C)B4c1ccc(C(C)(C)C)cc1N3c1cccc(C(C)(C)C)c1)C1(C)CCCCC21C. The van der Waals surface area contributed by atoms with Crippen LogP contribution in [0.1, 0.15) is 146 Å². The summed E-state index contributed by atoms with van der Waals surface area (Å²) in [5.41, 5.74) is 24.8. The normalized spacial score (nSPS) is 25.9. The zero-order chi connectivity index (χ0) is 44.7. The molecule has 6 aromatic carbocycles. The van der Waals surface area contributed by atoms with Gasteiger partial charge in [-0.3, -0.25) is 0 Å². The van der Waals surface area contributed by atoms with Gasteiger partial charge in [0.25, 0.3) is 6.71 Å². The van der Waals surface area contributed by atoms with Gasteiger partial charge >= 0.3 is 0 Å². The molecule has 0 amide bonds. The predicted octanol–water partition coefficient (Wildman–Crippen LogP) is 13.5. The van der Waals surface area contributed by atoms with Crippen molar-refractivity contribution in [2.45, 2.75) is 154 Å². The summed E-state index contributed by atoms with van der Waals surface area (Å²) >= 11 is 0. The van der Waals surface area contributed by atoms with Crippen LogP contribution in [0.2, 0.25) is 0 Å². The lowest BCUT2D eigenvalue weighted by Gasteiger charge is -2.54. The Morgan fingerprint density at radius 3 is 2.03 bits per heavy atom. The Labute approximate surface area is 384 Å². The van der Waals surface area contributed by atoms with Crippen LogP contribution in [0.15, 0.2) is 109 Å². The van der Waals surface area contributed by atoms with Crippen LogP contribution >= 0.6 is 0 Å². The number of benzene rings is 6. The molecule has 4 heteroatoms. The monoisotopic (exact) mass is 840 g/mol. The Balaban J connectivity index is 1.24. The van der Waals surface area contributed by atoms with E-state index in [-0.39, 0.29) is 39.5 Å². The highest BCUT2D eigenvalue weighted by atomic mass is 15.3. The van der Waals surface area contributed by atoms with Crippen molar-refractivity contribution in [3.8, 4) is 0 Å². The van der Waals surface area contributed by atoms with E-state index in [1.807, 2.05) is 0 Å². The molecule has 4 atom stereocenters. The second kappa shape index (κ2) is 12.8. The fraction of sp³-hybridized carbons (Fsp3) is 0.400. The molecule has 1 fully saturated rings. The molecule has 0 N–H and O–H groups in total. The lowest BCUT2D eigenvalue weighted by Crippen LogP contribution is -2.64. The Hall–Kier alpha value is -5.22. The van der Waals surface area contributed by atoms with Crippen LogP contribution in [0, 0.1) is 13.8 Å². The molecule has 0 bridgehead atoms. The van der Waals surface area contributed by atoms with Crippen molar-refractivity contribution in [1.82, 2.24) is 0 Å². The minimum absolute atomic E-state index is 0.000970. The van der Waals surface area contributed by atoms with E-state index in [0.29, 0.717) is 0 Å². The van der Waals surface area contributed by atoms with E-state index in [2.05, 4.69) is 207 Å². The van der Waals surface area contributed by atoms with E-state index in [4.69, 9.17) is 0 Å². The van der Waals surface area contributed by atoms with Crippen molar-refractivity contribution in [1.29, 1.82) is 0 Å². The lowest BCUT2D eigenvalue weighted by molar-refractivity contribution is 0.194. The van der Waals surface area contributed by atoms with Crippen LogP contribution in [0.4, 0.5) is 39.8 Å². The summed E-state index contributed by atoms with van der Waals surface area (Å²) in [7, 11) is 0. The molecule has 12 rings (SSSR count). The Morgan fingerprint density at radius 1 is 0.547 bits per heavy atom. The minimum Gasteiger partial charge on any atom is -0.334 e. The van der Waals surface area contributed by atoms with Crippen molar-refractivity contribution < 1.29 is 0 Å². The van der Waals surface area contributed by atoms with Gasteiger partial charge in [0, 0.05) is 50.6 Å². The molecule has 2 aliphatic carbocycles. The third kappa shape index (κ3) is 4.91. The number of aryl methyl sites for hydroxylation is 3. The molecule has 0 spiro atoms. The lowest BCUT2D eigenvalue weighted by atomic mass is 9.33. The van der Waals surface area contributed by atoms with Crippen molar-refractivity contribution in [2.24, 2.45) is 0 Å². The van der Waals surface area contributed by atoms with Crippen LogP contribution in [0.5, 0.6) is 0 Å². The summed E-state index contributed by atoms with van der Waals surface area (Å²) in [6, 6.07) is 44.1. The maximum absolute atomic E-state index is 2.90. The number of nitrogens with zero attached hydrogens (tertiary/aromatic N) is 3. The summed E-state index contributed by atoms with van der Waals surface area (Å²) in [5.74, 6) is 0. The first-order valence-corrected chi connectivity index (χ1v) is 24.5. The smallest absolute Gasteiger partial charge is 0.252 e. The average molecular weight is 840 g/mol. The van der Waals surface area contributed by atoms with E-state index in [1.54, 1.807) is 5.56 Å². The molecule has 6 aromatic rings. The van der Waals surface area contributed by atoms with Gasteiger partial charge in [0.15, 0.2) is 0 Å². The van der Waals surface area contributed by atoms with Crippen LogP contribution in [0.3, 0.4) is 0 Å². The fourth-order valence-corrected chi connectivity index (χ4v) is 14.6.